The molecule has 0 saturated carbocycles. The van der Waals surface area contributed by atoms with Crippen LogP contribution in [0.1, 0.15) is 17.5 Å². The Hall–Kier alpha value is -3.81. The van der Waals surface area contributed by atoms with E-state index >= 15 is 0 Å². The molecule has 2 aliphatic rings. The lowest BCUT2D eigenvalue weighted by molar-refractivity contribution is -0.135. The second kappa shape index (κ2) is 10.9. The van der Waals surface area contributed by atoms with E-state index in [4.69, 9.17) is 4.74 Å². The summed E-state index contributed by atoms with van der Waals surface area (Å²) in [5.74, 6) is 0.173. The van der Waals surface area contributed by atoms with Crippen molar-refractivity contribution < 1.29 is 17.9 Å². The van der Waals surface area contributed by atoms with Crippen molar-refractivity contribution in [2.45, 2.75) is 30.2 Å². The predicted octanol–water partition coefficient (Wildman–Crippen LogP) is 1.39. The van der Waals surface area contributed by atoms with E-state index in [2.05, 4.69) is 25.1 Å². The molecule has 1 N–H and O–H groups in total. The number of anilines is 1. The highest BCUT2D eigenvalue weighted by atomic mass is 32.2. The van der Waals surface area contributed by atoms with Gasteiger partial charge < -0.3 is 14.5 Å². The van der Waals surface area contributed by atoms with E-state index in [9.17, 15) is 18.0 Å². The summed E-state index contributed by atoms with van der Waals surface area (Å²) in [5, 5.41) is 6.96. The molecule has 0 radical (unpaired) electrons. The van der Waals surface area contributed by atoms with Crippen LogP contribution in [0, 0.1) is 13.8 Å². The number of aromatic nitrogens is 4. The van der Waals surface area contributed by atoms with Gasteiger partial charge in [-0.3, -0.25) is 14.5 Å². The van der Waals surface area contributed by atoms with Gasteiger partial charge in [-0.2, -0.15) is 4.98 Å². The van der Waals surface area contributed by atoms with Gasteiger partial charge >= 0.3 is 0 Å². The van der Waals surface area contributed by atoms with E-state index in [0.29, 0.717) is 49.2 Å². The minimum Gasteiger partial charge on any atom is -0.378 e. The summed E-state index contributed by atoms with van der Waals surface area (Å²) in [4.78, 5) is 36.1. The highest BCUT2D eigenvalue weighted by Gasteiger charge is 2.28. The van der Waals surface area contributed by atoms with Crippen LogP contribution in [0.2, 0.25) is 0 Å². The smallest absolute Gasteiger partial charge is 0.281 e. The normalized spacial score (nSPS) is 17.0. The number of carbonyl (C=O) groups excluding carboxylic acids is 1. The number of sulfone groups is 1. The van der Waals surface area contributed by atoms with Gasteiger partial charge in [-0.05, 0) is 43.7 Å². The third-order valence-electron chi connectivity index (χ3n) is 7.93. The van der Waals surface area contributed by atoms with Crippen molar-refractivity contribution in [3.05, 3.63) is 57.9 Å². The molecule has 2 saturated heterocycles. The quantitative estimate of drug-likeness (QED) is 0.360. The Morgan fingerprint density at radius 3 is 2.49 bits per heavy atom. The highest BCUT2D eigenvalue weighted by Crippen LogP contribution is 2.27. The molecule has 2 aromatic heterocycles. The Labute approximate surface area is 237 Å². The summed E-state index contributed by atoms with van der Waals surface area (Å²) in [5.41, 5.74) is 2.42. The molecule has 13 heteroatoms. The Kier molecular flexibility index (Phi) is 7.26. The Morgan fingerprint density at radius 1 is 1.00 bits per heavy atom. The number of ether oxygens (including phenoxy) is 1. The van der Waals surface area contributed by atoms with Crippen molar-refractivity contribution >= 4 is 38.0 Å². The fourth-order valence-corrected chi connectivity index (χ4v) is 7.11. The zero-order valence-corrected chi connectivity index (χ0v) is 24.0. The van der Waals surface area contributed by atoms with Crippen LogP contribution in [0.15, 0.2) is 51.1 Å². The number of aryl methyl sites for hydroxylation is 2. The van der Waals surface area contributed by atoms with E-state index in [1.54, 1.807) is 31.2 Å². The van der Waals surface area contributed by atoms with E-state index in [0.717, 1.165) is 44.0 Å². The summed E-state index contributed by atoms with van der Waals surface area (Å²) in [6.07, 6.45) is 0.497. The van der Waals surface area contributed by atoms with E-state index in [1.165, 1.54) is 4.52 Å². The minimum atomic E-state index is -4.02. The van der Waals surface area contributed by atoms with Crippen LogP contribution in [-0.4, -0.2) is 103 Å². The summed E-state index contributed by atoms with van der Waals surface area (Å²) in [6.45, 7) is 10.0. The summed E-state index contributed by atoms with van der Waals surface area (Å²) < 4.78 is 33.9. The molecule has 4 aromatic rings. The molecule has 1 amide bonds. The molecule has 2 fully saturated rings. The monoisotopic (exact) mass is 579 g/mol. The first-order valence-electron chi connectivity index (χ1n) is 13.8. The minimum absolute atomic E-state index is 0.0330. The van der Waals surface area contributed by atoms with Crippen LogP contribution >= 0.6 is 0 Å². The van der Waals surface area contributed by atoms with Crippen LogP contribution in [0.3, 0.4) is 0 Å². The lowest BCUT2D eigenvalue weighted by Crippen LogP contribution is -2.48. The van der Waals surface area contributed by atoms with Gasteiger partial charge in [0.05, 0.1) is 29.0 Å². The number of H-pyrrole nitrogens is 1. The number of benzene rings is 2. The second-order valence-electron chi connectivity index (χ2n) is 10.6. The van der Waals surface area contributed by atoms with Crippen LogP contribution in [0.5, 0.6) is 0 Å². The van der Waals surface area contributed by atoms with E-state index in [1.807, 2.05) is 24.0 Å². The highest BCUT2D eigenvalue weighted by molar-refractivity contribution is 7.91. The number of piperazine rings is 1. The van der Waals surface area contributed by atoms with Gasteiger partial charge in [0.2, 0.25) is 20.8 Å². The lowest BCUT2D eigenvalue weighted by Gasteiger charge is -2.36. The molecular weight excluding hydrogens is 546 g/mol. The number of hydrogen-bond acceptors (Lipinski definition) is 9. The van der Waals surface area contributed by atoms with E-state index < -0.39 is 15.4 Å². The van der Waals surface area contributed by atoms with Crippen LogP contribution in [0.4, 0.5) is 5.69 Å². The molecule has 0 atom stereocenters. The fourth-order valence-electron chi connectivity index (χ4n) is 5.63. The van der Waals surface area contributed by atoms with Crippen LogP contribution < -0.4 is 10.5 Å². The topological polar surface area (TPSA) is 133 Å². The van der Waals surface area contributed by atoms with Gasteiger partial charge in [0, 0.05) is 57.9 Å². The van der Waals surface area contributed by atoms with Gasteiger partial charge in [0.1, 0.15) is 0 Å². The second-order valence-corrected chi connectivity index (χ2v) is 12.5. The van der Waals surface area contributed by atoms with Crippen LogP contribution in [-0.2, 0) is 19.4 Å². The van der Waals surface area contributed by atoms with Gasteiger partial charge in [-0.1, -0.05) is 17.7 Å². The maximum atomic E-state index is 13.5. The predicted molar refractivity (Wildman–Crippen MR) is 153 cm³/mol. The summed E-state index contributed by atoms with van der Waals surface area (Å²) in [6, 6.07) is 10.6. The summed E-state index contributed by atoms with van der Waals surface area (Å²) in [7, 11) is -4.02. The van der Waals surface area contributed by atoms with Gasteiger partial charge in [-0.25, -0.2) is 18.1 Å². The molecule has 4 heterocycles. The van der Waals surface area contributed by atoms with Gasteiger partial charge in [-0.15, -0.1) is 5.10 Å². The molecular formula is C28H33N7O5S. The summed E-state index contributed by atoms with van der Waals surface area (Å²) >= 11 is 0. The zero-order valence-electron chi connectivity index (χ0n) is 23.2. The van der Waals surface area contributed by atoms with Crippen molar-refractivity contribution in [1.29, 1.82) is 0 Å². The number of nitrogens with zero attached hydrogens (tertiary/aromatic N) is 6. The molecule has 0 unspecified atom stereocenters. The largest absolute Gasteiger partial charge is 0.378 e. The maximum absolute atomic E-state index is 13.5. The molecule has 2 aliphatic heterocycles. The molecule has 6 rings (SSSR count). The number of morpholine rings is 1. The molecule has 12 nitrogen and oxygen atoms in total. The zero-order chi connectivity index (χ0) is 28.7. The number of nitrogens with one attached hydrogen (secondary N) is 1. The molecule has 0 spiro atoms. The van der Waals surface area contributed by atoms with Crippen molar-refractivity contribution in [3.63, 3.8) is 0 Å². The van der Waals surface area contributed by atoms with Crippen LogP contribution in [0.25, 0.3) is 16.6 Å². The molecule has 2 aromatic carbocycles. The van der Waals surface area contributed by atoms with Crippen molar-refractivity contribution in [3.8, 4) is 0 Å². The number of hydrogen-bond donors (Lipinski definition) is 1. The average molecular weight is 580 g/mol. The Bertz CT molecular complexity index is 1780. The molecule has 216 valence electrons. The first kappa shape index (κ1) is 27.4. The first-order valence-corrected chi connectivity index (χ1v) is 15.3. The number of amides is 1. The lowest BCUT2D eigenvalue weighted by atomic mass is 10.2. The maximum Gasteiger partial charge on any atom is 0.281 e. The standard InChI is InChI=1S/C28H33N7O5S/c1-19-3-6-24(20(2)17-19)41(38,39)28-26-29-27(37)22-5-4-21(18-23(22)35(26)31-30-28)33-11-9-32(10-12-33)8-7-25(36)34-13-15-40-16-14-34/h3-6,17-18,31H,7-16H2,1-2H3. The average Bonchev–Trinajstić information content (AvgIpc) is 3.41. The van der Waals surface area contributed by atoms with Crippen molar-refractivity contribution in [2.24, 2.45) is 0 Å². The van der Waals surface area contributed by atoms with Crippen molar-refractivity contribution in [1.82, 2.24) is 29.6 Å². The third kappa shape index (κ3) is 5.20. The van der Waals surface area contributed by atoms with Gasteiger partial charge in [0.25, 0.3) is 5.56 Å². The molecule has 0 aliphatic carbocycles. The molecule has 41 heavy (non-hydrogen) atoms. The van der Waals surface area contributed by atoms with Gasteiger partial charge in [0.15, 0.2) is 5.65 Å². The third-order valence-corrected chi connectivity index (χ3v) is 9.75. The Morgan fingerprint density at radius 2 is 1.76 bits per heavy atom. The number of aromatic amines is 1. The Balaban J connectivity index is 1.22. The van der Waals surface area contributed by atoms with Crippen molar-refractivity contribution in [2.75, 3.05) is 63.9 Å². The SMILES string of the molecule is Cc1ccc(S(=O)(=O)c2n[nH]n3c2nc(=O)c2ccc(N4CCN(CCC(=O)N5CCOCC5)CC4)cc23)c(C)c1. The number of rotatable bonds is 6. The number of carbonyl (C=O) groups is 1. The first-order chi connectivity index (χ1) is 19.7. The number of fused-ring (bicyclic) bond motifs is 3. The molecule has 0 bridgehead atoms. The fraction of sp³-hybridized carbons (Fsp3) is 0.429. The van der Waals surface area contributed by atoms with E-state index in [-0.39, 0.29) is 21.5 Å².